The van der Waals surface area contributed by atoms with E-state index in [2.05, 4.69) is 15.7 Å². The molecule has 0 bridgehead atoms. The van der Waals surface area contributed by atoms with Gasteiger partial charge in [0.2, 0.25) is 11.3 Å². The van der Waals surface area contributed by atoms with Gasteiger partial charge in [0.1, 0.15) is 0 Å². The Morgan fingerprint density at radius 1 is 0.926 bits per heavy atom. The number of amides is 2. The molecule has 0 aliphatic rings. The van der Waals surface area contributed by atoms with Crippen molar-refractivity contribution >= 4 is 23.2 Å². The molecule has 0 spiro atoms. The molecule has 3 aromatic rings. The Labute approximate surface area is 155 Å². The van der Waals surface area contributed by atoms with Gasteiger partial charge in [-0.1, -0.05) is 18.2 Å². The largest absolute Gasteiger partial charge is 0.326 e. The SMILES string of the molecule is CC(=O)Nc1ccc(NC(=O)c2nn(-c3ccccc3)c(C)cc2=O)cc1. The molecule has 2 N–H and O–H groups in total. The summed E-state index contributed by atoms with van der Waals surface area (Å²) in [5.74, 6) is -0.783. The third kappa shape index (κ3) is 4.27. The highest BCUT2D eigenvalue weighted by Gasteiger charge is 2.15. The Kier molecular flexibility index (Phi) is 5.12. The van der Waals surface area contributed by atoms with Crippen molar-refractivity contribution < 1.29 is 9.59 Å². The van der Waals surface area contributed by atoms with E-state index in [1.165, 1.54) is 13.0 Å². The van der Waals surface area contributed by atoms with Gasteiger partial charge in [-0.25, -0.2) is 4.68 Å². The molecule has 1 aromatic heterocycles. The standard InChI is InChI=1S/C20H18N4O3/c1-13-12-18(26)19(23-24(13)17-6-4-3-5-7-17)20(27)22-16-10-8-15(9-11-16)21-14(2)25/h3-12H,1-2H3,(H,21,25)(H,22,27). The van der Waals surface area contributed by atoms with Crippen LogP contribution in [0, 0.1) is 6.92 Å². The first-order valence-electron chi connectivity index (χ1n) is 8.29. The van der Waals surface area contributed by atoms with E-state index in [9.17, 15) is 14.4 Å². The Morgan fingerprint density at radius 3 is 2.11 bits per heavy atom. The molecule has 2 aromatic carbocycles. The summed E-state index contributed by atoms with van der Waals surface area (Å²) in [5.41, 5.74) is 1.83. The van der Waals surface area contributed by atoms with Crippen LogP contribution < -0.4 is 16.1 Å². The minimum Gasteiger partial charge on any atom is -0.326 e. The Bertz CT molecular complexity index is 1040. The molecule has 0 unspecified atom stereocenters. The zero-order chi connectivity index (χ0) is 19.4. The van der Waals surface area contributed by atoms with Crippen LogP contribution in [0.3, 0.4) is 0 Å². The van der Waals surface area contributed by atoms with Gasteiger partial charge in [0.05, 0.1) is 5.69 Å². The number of benzene rings is 2. The third-order valence-corrected chi connectivity index (χ3v) is 3.79. The summed E-state index contributed by atoms with van der Waals surface area (Å²) >= 11 is 0. The number of anilines is 2. The number of aromatic nitrogens is 2. The fraction of sp³-hybridized carbons (Fsp3) is 0.100. The van der Waals surface area contributed by atoms with Crippen molar-refractivity contribution in [3.63, 3.8) is 0 Å². The van der Waals surface area contributed by atoms with Gasteiger partial charge in [-0.15, -0.1) is 0 Å². The summed E-state index contributed by atoms with van der Waals surface area (Å²) in [7, 11) is 0. The lowest BCUT2D eigenvalue weighted by atomic mass is 10.2. The number of aryl methyl sites for hydroxylation is 1. The fourth-order valence-corrected chi connectivity index (χ4v) is 2.57. The molecule has 0 atom stereocenters. The van der Waals surface area contributed by atoms with E-state index in [0.29, 0.717) is 17.1 Å². The minimum atomic E-state index is -0.600. The molecule has 7 heteroatoms. The monoisotopic (exact) mass is 362 g/mol. The van der Waals surface area contributed by atoms with E-state index < -0.39 is 11.3 Å². The van der Waals surface area contributed by atoms with Crippen molar-refractivity contribution in [1.29, 1.82) is 0 Å². The molecule has 2 amide bonds. The molecule has 0 radical (unpaired) electrons. The molecule has 0 aliphatic heterocycles. The van der Waals surface area contributed by atoms with Gasteiger partial charge in [0.25, 0.3) is 5.91 Å². The van der Waals surface area contributed by atoms with E-state index in [0.717, 1.165) is 5.69 Å². The Balaban J connectivity index is 1.86. The number of nitrogens with zero attached hydrogens (tertiary/aromatic N) is 2. The second-order valence-corrected chi connectivity index (χ2v) is 5.96. The first-order valence-corrected chi connectivity index (χ1v) is 8.29. The molecule has 0 saturated heterocycles. The molecule has 0 aliphatic carbocycles. The second-order valence-electron chi connectivity index (χ2n) is 5.96. The van der Waals surface area contributed by atoms with E-state index in [1.54, 1.807) is 35.9 Å². The number of hydrogen-bond acceptors (Lipinski definition) is 4. The van der Waals surface area contributed by atoms with Crippen molar-refractivity contribution in [3.05, 3.63) is 82.3 Å². The first-order chi connectivity index (χ1) is 12.9. The summed E-state index contributed by atoms with van der Waals surface area (Å²) < 4.78 is 1.55. The smallest absolute Gasteiger partial charge is 0.280 e. The average molecular weight is 362 g/mol. The molecule has 7 nitrogen and oxygen atoms in total. The van der Waals surface area contributed by atoms with Crippen LogP contribution in [0.25, 0.3) is 5.69 Å². The zero-order valence-corrected chi connectivity index (χ0v) is 14.9. The molecule has 0 saturated carbocycles. The van der Waals surface area contributed by atoms with Gasteiger partial charge in [0.15, 0.2) is 5.69 Å². The van der Waals surface area contributed by atoms with E-state index in [1.807, 2.05) is 30.3 Å². The number of carbonyl (C=O) groups is 2. The quantitative estimate of drug-likeness (QED) is 0.746. The van der Waals surface area contributed by atoms with E-state index >= 15 is 0 Å². The first kappa shape index (κ1) is 18.1. The van der Waals surface area contributed by atoms with Gasteiger partial charge in [-0.3, -0.25) is 14.4 Å². The highest BCUT2D eigenvalue weighted by Crippen LogP contribution is 2.14. The lowest BCUT2D eigenvalue weighted by Crippen LogP contribution is -2.26. The molecule has 1 heterocycles. The van der Waals surface area contributed by atoms with Crippen LogP contribution in [0.5, 0.6) is 0 Å². The molecule has 0 fully saturated rings. The highest BCUT2D eigenvalue weighted by atomic mass is 16.2. The number of carbonyl (C=O) groups excluding carboxylic acids is 2. The van der Waals surface area contributed by atoms with Crippen LogP contribution in [0.1, 0.15) is 23.1 Å². The zero-order valence-electron chi connectivity index (χ0n) is 14.9. The summed E-state index contributed by atoms with van der Waals surface area (Å²) in [5, 5.41) is 9.52. The molecular formula is C20H18N4O3. The molecular weight excluding hydrogens is 344 g/mol. The van der Waals surface area contributed by atoms with Gasteiger partial charge < -0.3 is 10.6 Å². The van der Waals surface area contributed by atoms with Crippen LogP contribution in [-0.4, -0.2) is 21.6 Å². The maximum absolute atomic E-state index is 12.5. The average Bonchev–Trinajstić information content (AvgIpc) is 2.63. The van der Waals surface area contributed by atoms with Crippen molar-refractivity contribution in [3.8, 4) is 5.69 Å². The van der Waals surface area contributed by atoms with E-state index in [4.69, 9.17) is 0 Å². The third-order valence-electron chi connectivity index (χ3n) is 3.79. The summed E-state index contributed by atoms with van der Waals surface area (Å²) in [6.07, 6.45) is 0. The van der Waals surface area contributed by atoms with Crippen LogP contribution in [0.15, 0.2) is 65.5 Å². The van der Waals surface area contributed by atoms with Gasteiger partial charge in [0, 0.05) is 30.1 Å². The second kappa shape index (κ2) is 7.65. The maximum atomic E-state index is 12.5. The Hall–Kier alpha value is -3.74. The normalized spacial score (nSPS) is 10.3. The molecule has 136 valence electrons. The Morgan fingerprint density at radius 2 is 1.52 bits per heavy atom. The van der Waals surface area contributed by atoms with Crippen molar-refractivity contribution in [2.45, 2.75) is 13.8 Å². The number of para-hydroxylation sites is 1. The van der Waals surface area contributed by atoms with Crippen LogP contribution in [0.4, 0.5) is 11.4 Å². The fourth-order valence-electron chi connectivity index (χ4n) is 2.57. The summed E-state index contributed by atoms with van der Waals surface area (Å²) in [4.78, 5) is 35.8. The van der Waals surface area contributed by atoms with E-state index in [-0.39, 0.29) is 11.6 Å². The van der Waals surface area contributed by atoms with Crippen LogP contribution in [-0.2, 0) is 4.79 Å². The van der Waals surface area contributed by atoms with Crippen molar-refractivity contribution in [2.24, 2.45) is 0 Å². The summed E-state index contributed by atoms with van der Waals surface area (Å²) in [6.45, 7) is 3.17. The van der Waals surface area contributed by atoms with Gasteiger partial charge >= 0.3 is 0 Å². The predicted molar refractivity (Wildman–Crippen MR) is 103 cm³/mol. The van der Waals surface area contributed by atoms with Crippen molar-refractivity contribution in [2.75, 3.05) is 10.6 Å². The van der Waals surface area contributed by atoms with Crippen LogP contribution >= 0.6 is 0 Å². The molecule has 27 heavy (non-hydrogen) atoms. The minimum absolute atomic E-state index is 0.183. The lowest BCUT2D eigenvalue weighted by molar-refractivity contribution is -0.114. The lowest BCUT2D eigenvalue weighted by Gasteiger charge is -2.11. The summed E-state index contributed by atoms with van der Waals surface area (Å²) in [6, 6.07) is 17.2. The number of hydrogen-bond donors (Lipinski definition) is 2. The van der Waals surface area contributed by atoms with Crippen LogP contribution in [0.2, 0.25) is 0 Å². The maximum Gasteiger partial charge on any atom is 0.280 e. The predicted octanol–water partition coefficient (Wildman–Crippen LogP) is 2.75. The topological polar surface area (TPSA) is 93.1 Å². The van der Waals surface area contributed by atoms with Gasteiger partial charge in [-0.05, 0) is 43.3 Å². The van der Waals surface area contributed by atoms with Gasteiger partial charge in [-0.2, -0.15) is 5.10 Å². The number of nitrogens with one attached hydrogen (secondary N) is 2. The van der Waals surface area contributed by atoms with Crippen molar-refractivity contribution in [1.82, 2.24) is 9.78 Å². The highest BCUT2D eigenvalue weighted by molar-refractivity contribution is 6.02. The number of rotatable bonds is 4. The molecule has 3 rings (SSSR count).